The zero-order valence-corrected chi connectivity index (χ0v) is 21.6. The van der Waals surface area contributed by atoms with Crippen molar-refractivity contribution in [1.82, 2.24) is 20.4 Å². The number of carbonyl (C=O) groups is 5. The van der Waals surface area contributed by atoms with Gasteiger partial charge in [0.15, 0.2) is 0 Å². The third-order valence-corrected chi connectivity index (χ3v) is 8.29. The number of urea groups is 1. The van der Waals surface area contributed by atoms with E-state index in [2.05, 4.69) is 24.5 Å². The summed E-state index contributed by atoms with van der Waals surface area (Å²) in [5.41, 5.74) is 5.08. The van der Waals surface area contributed by atoms with Crippen LogP contribution in [0.4, 0.5) is 4.79 Å². The number of hydrogen-bond acceptors (Lipinski definition) is 5. The van der Waals surface area contributed by atoms with Crippen molar-refractivity contribution in [3.05, 3.63) is 0 Å². The summed E-state index contributed by atoms with van der Waals surface area (Å²) in [5.74, 6) is -2.48. The lowest BCUT2D eigenvalue weighted by Crippen LogP contribution is -2.60. The fourth-order valence-electron chi connectivity index (χ4n) is 6.09. The van der Waals surface area contributed by atoms with Crippen molar-refractivity contribution in [2.24, 2.45) is 28.9 Å². The molecule has 0 aromatic rings. The molecule has 35 heavy (non-hydrogen) atoms. The van der Waals surface area contributed by atoms with Crippen LogP contribution < -0.4 is 16.4 Å². The van der Waals surface area contributed by atoms with Gasteiger partial charge in [-0.3, -0.25) is 19.2 Å². The van der Waals surface area contributed by atoms with Gasteiger partial charge in [0, 0.05) is 20.6 Å². The van der Waals surface area contributed by atoms with E-state index in [0.29, 0.717) is 13.0 Å². The third kappa shape index (κ3) is 5.46. The smallest absolute Gasteiger partial charge is 0.317 e. The number of nitrogens with two attached hydrogens (primary N) is 1. The second-order valence-corrected chi connectivity index (χ2v) is 11.2. The zero-order valence-electron chi connectivity index (χ0n) is 21.6. The molecule has 0 aromatic carbocycles. The highest BCUT2D eigenvalue weighted by atomic mass is 16.2. The number of ketones is 1. The van der Waals surface area contributed by atoms with Gasteiger partial charge in [-0.1, -0.05) is 46.5 Å². The van der Waals surface area contributed by atoms with Crippen molar-refractivity contribution < 1.29 is 24.0 Å². The number of primary amides is 1. The molecular weight excluding hydrogens is 450 g/mol. The van der Waals surface area contributed by atoms with Crippen molar-refractivity contribution in [3.8, 4) is 0 Å². The summed E-state index contributed by atoms with van der Waals surface area (Å²) in [6.45, 7) is 6.43. The van der Waals surface area contributed by atoms with Crippen molar-refractivity contribution >= 4 is 29.5 Å². The number of hydrogen-bond donors (Lipinski definition) is 3. The van der Waals surface area contributed by atoms with Gasteiger partial charge in [0.25, 0.3) is 5.91 Å². The maximum absolute atomic E-state index is 13.9. The monoisotopic (exact) mass is 491 g/mol. The van der Waals surface area contributed by atoms with Crippen molar-refractivity contribution in [1.29, 1.82) is 0 Å². The Kier molecular flexibility index (Phi) is 8.11. The van der Waals surface area contributed by atoms with Gasteiger partial charge in [-0.25, -0.2) is 4.79 Å². The first-order valence-corrected chi connectivity index (χ1v) is 12.8. The Bertz CT molecular complexity index is 866. The lowest BCUT2D eigenvalue weighted by atomic mass is 9.83. The normalized spacial score (nSPS) is 26.8. The van der Waals surface area contributed by atoms with Gasteiger partial charge in [0.05, 0.1) is 6.04 Å². The average molecular weight is 492 g/mol. The highest BCUT2D eigenvalue weighted by Gasteiger charge is 2.69. The predicted molar refractivity (Wildman–Crippen MR) is 130 cm³/mol. The highest BCUT2D eigenvalue weighted by molar-refractivity contribution is 6.37. The van der Waals surface area contributed by atoms with Crippen molar-refractivity contribution in [2.75, 3.05) is 20.6 Å². The summed E-state index contributed by atoms with van der Waals surface area (Å²) < 4.78 is 0. The van der Waals surface area contributed by atoms with Crippen LogP contribution in [-0.4, -0.2) is 78.1 Å². The van der Waals surface area contributed by atoms with Crippen molar-refractivity contribution in [3.63, 3.8) is 0 Å². The highest BCUT2D eigenvalue weighted by Crippen LogP contribution is 2.65. The average Bonchev–Trinajstić information content (AvgIpc) is 3.14. The molecule has 3 fully saturated rings. The van der Waals surface area contributed by atoms with Crippen LogP contribution in [-0.2, 0) is 19.2 Å². The molecule has 5 atom stereocenters. The van der Waals surface area contributed by atoms with Gasteiger partial charge < -0.3 is 26.2 Å². The van der Waals surface area contributed by atoms with E-state index in [0.717, 1.165) is 32.1 Å². The number of rotatable bonds is 9. The largest absolute Gasteiger partial charge is 0.363 e. The Hall–Kier alpha value is -2.65. The molecule has 0 spiro atoms. The first-order chi connectivity index (χ1) is 16.4. The first kappa shape index (κ1) is 26.9. The lowest BCUT2D eigenvalue weighted by molar-refractivity contribution is -0.144. The maximum Gasteiger partial charge on any atom is 0.317 e. The van der Waals surface area contributed by atoms with Crippen LogP contribution in [0.25, 0.3) is 0 Å². The van der Waals surface area contributed by atoms with E-state index in [4.69, 9.17) is 5.73 Å². The van der Waals surface area contributed by atoms with Gasteiger partial charge in [0.2, 0.25) is 17.6 Å². The molecule has 10 heteroatoms. The number of Topliss-reactive ketones (excluding diaryl/α,β-unsaturated/α-hetero) is 1. The molecule has 2 aliphatic carbocycles. The summed E-state index contributed by atoms with van der Waals surface area (Å²) in [6.07, 6.45) is 5.67. The van der Waals surface area contributed by atoms with Crippen LogP contribution in [0.2, 0.25) is 0 Å². The van der Waals surface area contributed by atoms with Gasteiger partial charge in [-0.2, -0.15) is 0 Å². The Morgan fingerprint density at radius 3 is 2.23 bits per heavy atom. The second kappa shape index (κ2) is 10.5. The van der Waals surface area contributed by atoms with E-state index in [1.165, 1.54) is 4.90 Å². The van der Waals surface area contributed by atoms with E-state index in [-0.39, 0.29) is 41.5 Å². The van der Waals surface area contributed by atoms with Crippen LogP contribution in [0.5, 0.6) is 0 Å². The van der Waals surface area contributed by atoms with Crippen LogP contribution in [0.1, 0.15) is 65.7 Å². The minimum atomic E-state index is -1.09. The Morgan fingerprint density at radius 1 is 1.06 bits per heavy atom. The van der Waals surface area contributed by atoms with Crippen LogP contribution >= 0.6 is 0 Å². The molecule has 1 heterocycles. The fourth-order valence-corrected chi connectivity index (χ4v) is 6.09. The number of nitrogens with one attached hydrogen (secondary N) is 2. The molecule has 2 saturated carbocycles. The first-order valence-electron chi connectivity index (χ1n) is 12.8. The number of piperidine rings is 1. The number of fused-ring (bicyclic) bond motifs is 1. The Balaban J connectivity index is 1.85. The molecule has 1 unspecified atom stereocenters. The van der Waals surface area contributed by atoms with Crippen LogP contribution in [0.3, 0.4) is 0 Å². The van der Waals surface area contributed by atoms with E-state index in [1.807, 2.05) is 6.92 Å². The zero-order chi connectivity index (χ0) is 26.1. The molecule has 10 nitrogen and oxygen atoms in total. The standard InChI is InChI=1S/C25H41N5O5/c1-6-10-16(20(31)21(26)32)27-22(33)19-17-15(25(17,2)3)13-30(19)23(34)18(28-24(35)29(4)5)14-11-8-7-9-12-14/h14-19H,6-13H2,1-5H3,(H2,26,32)(H,27,33)(H,28,35)/t15-,16?,17-,18-,19-/m0/s1. The van der Waals surface area contributed by atoms with E-state index in [9.17, 15) is 24.0 Å². The molecule has 4 N–H and O–H groups in total. The molecule has 196 valence electrons. The minimum absolute atomic E-state index is 0.0121. The molecule has 1 aliphatic heterocycles. The summed E-state index contributed by atoms with van der Waals surface area (Å²) in [4.78, 5) is 66.8. The molecule has 0 aromatic heterocycles. The number of carbonyl (C=O) groups excluding carboxylic acids is 5. The van der Waals surface area contributed by atoms with E-state index in [1.54, 1.807) is 19.0 Å². The van der Waals surface area contributed by atoms with Crippen LogP contribution in [0.15, 0.2) is 0 Å². The minimum Gasteiger partial charge on any atom is -0.363 e. The number of likely N-dealkylation sites (tertiary alicyclic amines) is 1. The number of nitrogens with zero attached hydrogens (tertiary/aromatic N) is 2. The van der Waals surface area contributed by atoms with E-state index < -0.39 is 35.7 Å². The summed E-state index contributed by atoms with van der Waals surface area (Å²) in [7, 11) is 3.26. The summed E-state index contributed by atoms with van der Waals surface area (Å²) in [6, 6.07) is -2.81. The van der Waals surface area contributed by atoms with E-state index >= 15 is 0 Å². The Morgan fingerprint density at radius 2 is 1.69 bits per heavy atom. The molecule has 0 radical (unpaired) electrons. The maximum atomic E-state index is 13.9. The summed E-state index contributed by atoms with van der Waals surface area (Å²) in [5, 5.41) is 5.64. The molecule has 3 aliphatic rings. The summed E-state index contributed by atoms with van der Waals surface area (Å²) >= 11 is 0. The molecular formula is C25H41N5O5. The van der Waals surface area contributed by atoms with Gasteiger partial charge in [-0.05, 0) is 42.4 Å². The topological polar surface area (TPSA) is 142 Å². The van der Waals surface area contributed by atoms with Gasteiger partial charge in [0.1, 0.15) is 12.1 Å². The molecule has 3 rings (SSSR count). The lowest BCUT2D eigenvalue weighted by Gasteiger charge is -2.37. The Labute approximate surface area is 207 Å². The third-order valence-electron chi connectivity index (χ3n) is 8.29. The fraction of sp³-hybridized carbons (Fsp3) is 0.800. The van der Waals surface area contributed by atoms with Gasteiger partial charge >= 0.3 is 6.03 Å². The van der Waals surface area contributed by atoms with Gasteiger partial charge in [-0.15, -0.1) is 0 Å². The SMILES string of the molecule is CCCC(NC(=O)[C@@H]1[C@@H]2[C@H](CN1C(=O)[C@@H](NC(=O)N(C)C)C1CCCCC1)C2(C)C)C(=O)C(N)=O. The quantitative estimate of drug-likeness (QED) is 0.413. The molecule has 5 amide bonds. The predicted octanol–water partition coefficient (Wildman–Crippen LogP) is 1.03. The van der Waals surface area contributed by atoms with Crippen LogP contribution in [0, 0.1) is 23.2 Å². The number of amides is 5. The molecule has 1 saturated heterocycles. The second-order valence-electron chi connectivity index (χ2n) is 11.2. The molecule has 0 bridgehead atoms. The van der Waals surface area contributed by atoms with Crippen molar-refractivity contribution in [2.45, 2.75) is 83.8 Å².